The first kappa shape index (κ1) is 14.6. The summed E-state index contributed by atoms with van der Waals surface area (Å²) < 4.78 is 0. The summed E-state index contributed by atoms with van der Waals surface area (Å²) in [6.07, 6.45) is 0. The molecule has 1 aromatic carbocycles. The third-order valence-corrected chi connectivity index (χ3v) is 3.65. The van der Waals surface area contributed by atoms with E-state index in [1.807, 2.05) is 19.9 Å². The van der Waals surface area contributed by atoms with Gasteiger partial charge < -0.3 is 10.9 Å². The second-order valence-corrected chi connectivity index (χ2v) is 5.61. The van der Waals surface area contributed by atoms with Crippen molar-refractivity contribution in [1.82, 2.24) is 9.97 Å². The first-order valence-electron chi connectivity index (χ1n) is 5.77. The van der Waals surface area contributed by atoms with Crippen molar-refractivity contribution < 1.29 is 5.21 Å². The molecule has 2 aromatic rings. The van der Waals surface area contributed by atoms with Crippen molar-refractivity contribution >= 4 is 29.2 Å². The molecule has 0 radical (unpaired) electrons. The fourth-order valence-corrected chi connectivity index (χ4v) is 2.96. The molecule has 2 rings (SSSR count). The number of aromatic nitrogens is 2. The maximum atomic E-state index is 8.83. The fraction of sp³-hybridized carbons (Fsp3) is 0.154. The Bertz CT molecular complexity index is 655. The predicted octanol–water partition coefficient (Wildman–Crippen LogP) is 2.99. The van der Waals surface area contributed by atoms with E-state index in [4.69, 9.17) is 22.5 Å². The molecule has 0 saturated carbocycles. The van der Waals surface area contributed by atoms with E-state index in [9.17, 15) is 0 Å². The van der Waals surface area contributed by atoms with E-state index in [2.05, 4.69) is 15.1 Å². The number of halogens is 1. The summed E-state index contributed by atoms with van der Waals surface area (Å²) in [6, 6.07) is 7.01. The molecule has 0 aliphatic carbocycles. The zero-order valence-electron chi connectivity index (χ0n) is 11.0. The van der Waals surface area contributed by atoms with Crippen LogP contribution in [0.1, 0.15) is 17.0 Å². The summed E-state index contributed by atoms with van der Waals surface area (Å²) in [5.41, 5.74) is 8.01. The molecule has 0 unspecified atom stereocenters. The van der Waals surface area contributed by atoms with Crippen molar-refractivity contribution in [1.29, 1.82) is 0 Å². The molecule has 1 heterocycles. The van der Waals surface area contributed by atoms with E-state index in [1.165, 1.54) is 11.8 Å². The number of benzene rings is 1. The van der Waals surface area contributed by atoms with Gasteiger partial charge in [-0.2, -0.15) is 0 Å². The van der Waals surface area contributed by atoms with Crippen molar-refractivity contribution in [3.8, 4) is 0 Å². The molecule has 20 heavy (non-hydrogen) atoms. The second-order valence-electron chi connectivity index (χ2n) is 4.16. The minimum Gasteiger partial charge on any atom is -0.409 e. The molecule has 0 spiro atoms. The van der Waals surface area contributed by atoms with E-state index in [0.29, 0.717) is 15.7 Å². The molecule has 0 bridgehead atoms. The first-order chi connectivity index (χ1) is 9.49. The van der Waals surface area contributed by atoms with Crippen LogP contribution in [0.4, 0.5) is 0 Å². The highest BCUT2D eigenvalue weighted by atomic mass is 35.5. The number of aryl methyl sites for hydroxylation is 2. The van der Waals surface area contributed by atoms with Crippen LogP contribution in [0.25, 0.3) is 0 Å². The minimum absolute atomic E-state index is 0.0218. The number of hydrogen-bond donors (Lipinski definition) is 2. The Morgan fingerprint density at radius 1 is 1.25 bits per heavy atom. The summed E-state index contributed by atoms with van der Waals surface area (Å²) in [6.45, 7) is 3.81. The predicted molar refractivity (Wildman–Crippen MR) is 79.6 cm³/mol. The Labute approximate surface area is 125 Å². The second kappa shape index (κ2) is 6.11. The van der Waals surface area contributed by atoms with Crippen molar-refractivity contribution in [2.24, 2.45) is 10.9 Å². The third kappa shape index (κ3) is 3.40. The number of amidine groups is 1. The Kier molecular flexibility index (Phi) is 4.46. The van der Waals surface area contributed by atoms with Crippen molar-refractivity contribution in [3.63, 3.8) is 0 Å². The number of oxime groups is 1. The molecule has 3 N–H and O–H groups in total. The van der Waals surface area contributed by atoms with Gasteiger partial charge in [0.2, 0.25) is 0 Å². The maximum absolute atomic E-state index is 8.83. The van der Waals surface area contributed by atoms with Crippen LogP contribution in [0.5, 0.6) is 0 Å². The van der Waals surface area contributed by atoms with Gasteiger partial charge in [-0.15, -0.1) is 0 Å². The molecule has 5 nitrogen and oxygen atoms in total. The Balaban J connectivity index is 2.44. The topological polar surface area (TPSA) is 84.4 Å². The molecule has 0 saturated heterocycles. The molecule has 1 aromatic heterocycles. The van der Waals surface area contributed by atoms with E-state index in [0.717, 1.165) is 16.3 Å². The smallest absolute Gasteiger partial charge is 0.192 e. The van der Waals surface area contributed by atoms with E-state index in [1.54, 1.807) is 18.2 Å². The Morgan fingerprint density at radius 3 is 2.50 bits per heavy atom. The lowest BCUT2D eigenvalue weighted by Gasteiger charge is -2.08. The van der Waals surface area contributed by atoms with Gasteiger partial charge in [0, 0.05) is 26.9 Å². The van der Waals surface area contributed by atoms with Gasteiger partial charge in [-0.25, -0.2) is 9.97 Å². The average Bonchev–Trinajstić information content (AvgIpc) is 2.37. The summed E-state index contributed by atoms with van der Waals surface area (Å²) in [4.78, 5) is 9.44. The van der Waals surface area contributed by atoms with Gasteiger partial charge in [0.05, 0.1) is 0 Å². The zero-order valence-corrected chi connectivity index (χ0v) is 12.5. The molecule has 104 valence electrons. The van der Waals surface area contributed by atoms with Gasteiger partial charge in [-0.3, -0.25) is 0 Å². The summed E-state index contributed by atoms with van der Waals surface area (Å²) >= 11 is 7.32. The Hall–Kier alpha value is -1.79. The summed E-state index contributed by atoms with van der Waals surface area (Å²) in [5, 5.41) is 13.0. The molecular formula is C13H13ClN4OS. The Morgan fingerprint density at radius 2 is 1.90 bits per heavy atom. The molecular weight excluding hydrogens is 296 g/mol. The van der Waals surface area contributed by atoms with Gasteiger partial charge in [0.15, 0.2) is 11.0 Å². The number of nitrogens with zero attached hydrogens (tertiary/aromatic N) is 3. The standard InChI is InChI=1S/C13H13ClN4OS/c1-7-5-8(2)17-13(16-7)20-11-6-9(14)3-4-10(11)12(15)18-19/h3-6,19H,1-2H3,(H2,15,18). The van der Waals surface area contributed by atoms with Gasteiger partial charge in [-0.05, 0) is 49.9 Å². The van der Waals surface area contributed by atoms with Crippen LogP contribution in [-0.2, 0) is 0 Å². The number of hydrogen-bond acceptors (Lipinski definition) is 5. The molecule has 0 amide bonds. The highest BCUT2D eigenvalue weighted by Gasteiger charge is 2.11. The quantitative estimate of drug-likeness (QED) is 0.299. The lowest BCUT2D eigenvalue weighted by molar-refractivity contribution is 0.318. The lowest BCUT2D eigenvalue weighted by atomic mass is 10.2. The number of nitrogens with two attached hydrogens (primary N) is 1. The SMILES string of the molecule is Cc1cc(C)nc(Sc2cc(Cl)ccc2C(N)=NO)n1. The average molecular weight is 309 g/mol. The molecule has 0 atom stereocenters. The molecule has 0 fully saturated rings. The molecule has 0 aliphatic heterocycles. The van der Waals surface area contributed by atoms with Crippen molar-refractivity contribution in [2.75, 3.05) is 0 Å². The van der Waals surface area contributed by atoms with Gasteiger partial charge in [0.25, 0.3) is 0 Å². The first-order valence-corrected chi connectivity index (χ1v) is 6.96. The van der Waals surface area contributed by atoms with Crippen LogP contribution in [0.2, 0.25) is 5.02 Å². The fourth-order valence-electron chi connectivity index (χ4n) is 1.68. The van der Waals surface area contributed by atoms with E-state index < -0.39 is 0 Å². The number of rotatable bonds is 3. The summed E-state index contributed by atoms with van der Waals surface area (Å²) in [5.74, 6) is 0.0218. The van der Waals surface area contributed by atoms with Crippen LogP contribution in [0.3, 0.4) is 0 Å². The highest BCUT2D eigenvalue weighted by Crippen LogP contribution is 2.30. The zero-order chi connectivity index (χ0) is 14.7. The lowest BCUT2D eigenvalue weighted by Crippen LogP contribution is -2.14. The van der Waals surface area contributed by atoms with Crippen LogP contribution in [0, 0.1) is 13.8 Å². The maximum Gasteiger partial charge on any atom is 0.192 e. The van der Waals surface area contributed by atoms with E-state index in [-0.39, 0.29) is 5.84 Å². The third-order valence-electron chi connectivity index (χ3n) is 2.49. The van der Waals surface area contributed by atoms with Gasteiger partial charge in [0.1, 0.15) is 0 Å². The van der Waals surface area contributed by atoms with Gasteiger partial charge >= 0.3 is 0 Å². The van der Waals surface area contributed by atoms with E-state index >= 15 is 0 Å². The normalized spacial score (nSPS) is 11.7. The van der Waals surface area contributed by atoms with Crippen molar-refractivity contribution in [2.45, 2.75) is 23.9 Å². The summed E-state index contributed by atoms with van der Waals surface area (Å²) in [7, 11) is 0. The monoisotopic (exact) mass is 308 g/mol. The molecule has 0 aliphatic rings. The minimum atomic E-state index is 0.0218. The van der Waals surface area contributed by atoms with Gasteiger partial charge in [-0.1, -0.05) is 16.8 Å². The largest absolute Gasteiger partial charge is 0.409 e. The van der Waals surface area contributed by atoms with Crippen LogP contribution < -0.4 is 5.73 Å². The van der Waals surface area contributed by atoms with Crippen LogP contribution >= 0.6 is 23.4 Å². The van der Waals surface area contributed by atoms with Crippen molar-refractivity contribution in [3.05, 3.63) is 46.2 Å². The molecule has 7 heteroatoms. The van der Waals surface area contributed by atoms with Crippen LogP contribution in [-0.4, -0.2) is 21.0 Å². The highest BCUT2D eigenvalue weighted by molar-refractivity contribution is 7.99. The van der Waals surface area contributed by atoms with Crippen LogP contribution in [0.15, 0.2) is 39.5 Å².